The number of alkyl halides is 1. The molecule has 11 aromatic heterocycles. The predicted molar refractivity (Wildman–Crippen MR) is 529 cm³/mol. The molecule has 130 heavy (non-hydrogen) atoms. The van der Waals surface area contributed by atoms with E-state index in [1.165, 1.54) is 75.9 Å². The Morgan fingerprint density at radius 1 is 0.262 bits per heavy atom. The molecule has 612 valence electrons. The van der Waals surface area contributed by atoms with Gasteiger partial charge in [0.2, 0.25) is 11.2 Å². The molecule has 0 saturated heterocycles. The van der Waals surface area contributed by atoms with Crippen LogP contribution in [0.15, 0.2) is 413 Å². The molecule has 0 saturated carbocycles. The van der Waals surface area contributed by atoms with Crippen molar-refractivity contribution in [2.24, 2.45) is 0 Å². The zero-order chi connectivity index (χ0) is 86.7. The summed E-state index contributed by atoms with van der Waals surface area (Å²) in [5.74, 6) is 2.96. The van der Waals surface area contributed by atoms with E-state index in [4.69, 9.17) is 42.9 Å². The van der Waals surface area contributed by atoms with Crippen LogP contribution in [0.5, 0.6) is 0 Å². The van der Waals surface area contributed by atoms with Crippen LogP contribution in [0.3, 0.4) is 0 Å². The molecule has 27 rings (SSSR count). The second-order valence-corrected chi connectivity index (χ2v) is 31.7. The summed E-state index contributed by atoms with van der Waals surface area (Å²) in [5, 5.41) is 17.9. The minimum atomic E-state index is -1.00. The van der Waals surface area contributed by atoms with Crippen LogP contribution in [0, 0.1) is 0 Å². The van der Waals surface area contributed by atoms with Gasteiger partial charge in [-0.1, -0.05) is 303 Å². The fourth-order valence-corrected chi connectivity index (χ4v) is 19.1. The van der Waals surface area contributed by atoms with Crippen LogP contribution >= 0.6 is 11.6 Å². The minimum absolute atomic E-state index is 0. The Hall–Kier alpha value is -16.2. The Kier molecular flexibility index (Phi) is 20.5. The maximum Gasteiger partial charge on any atom is 1.00 e. The first kappa shape index (κ1) is 78.5. The quantitative estimate of drug-likeness (QED) is 0.141. The van der Waals surface area contributed by atoms with E-state index < -0.39 is 7.15 Å². The van der Waals surface area contributed by atoms with Crippen LogP contribution in [0.1, 0.15) is 2.80 Å². The maximum absolute atomic E-state index is 9.96. The molecule has 0 aliphatic heterocycles. The molecule has 16 aromatic carbocycles. The van der Waals surface area contributed by atoms with Crippen LogP contribution in [-0.4, -0.2) is 80.2 Å². The molecule has 0 fully saturated rings. The predicted octanol–water partition coefficient (Wildman–Crippen LogP) is 25.4. The van der Waals surface area contributed by atoms with Gasteiger partial charge in [0.25, 0.3) is 0 Å². The number of pyridine rings is 3. The van der Waals surface area contributed by atoms with E-state index in [0.29, 0.717) is 29.2 Å². The fraction of sp³-hybridized carbons (Fsp3) is 0.00893. The minimum Gasteiger partial charge on any atom is -1.00 e. The third-order valence-electron chi connectivity index (χ3n) is 24.2. The molecule has 0 bridgehead atoms. The smallest absolute Gasteiger partial charge is 1.00 e. The van der Waals surface area contributed by atoms with Crippen molar-refractivity contribution >= 4 is 175 Å². The van der Waals surface area contributed by atoms with Crippen molar-refractivity contribution in [2.75, 3.05) is 7.15 Å². The molecule has 15 nitrogen and oxygen atoms in total. The first-order valence-electron chi connectivity index (χ1n) is 43.2. The number of nitrogens with one attached hydrogen (secondary N) is 2. The van der Waals surface area contributed by atoms with Crippen LogP contribution in [0.25, 0.3) is 232 Å². The molecule has 0 spiro atoms. The molecule has 0 unspecified atom stereocenters. The van der Waals surface area contributed by atoms with Gasteiger partial charge in [-0.05, 0) is 103 Å². The van der Waals surface area contributed by atoms with Crippen molar-refractivity contribution in [2.45, 2.75) is 0 Å². The number of nitrogens with zero attached hydrogens (tertiary/aromatic N) is 13. The van der Waals surface area contributed by atoms with E-state index in [0.717, 1.165) is 127 Å². The van der Waals surface area contributed by atoms with E-state index in [2.05, 4.69) is 298 Å². The summed E-state index contributed by atoms with van der Waals surface area (Å²) in [6.07, 6.45) is 5.69. The third kappa shape index (κ3) is 13.5. The molecule has 0 atom stereocenters. The third-order valence-corrected chi connectivity index (χ3v) is 24.3. The van der Waals surface area contributed by atoms with E-state index in [1.54, 1.807) is 0 Å². The first-order chi connectivity index (χ1) is 64.4. The number of aromatic amines is 2. The van der Waals surface area contributed by atoms with E-state index in [1.807, 2.05) is 158 Å². The Balaban J connectivity index is 0.000000110. The summed E-state index contributed by atoms with van der Waals surface area (Å²) in [6, 6.07) is 136. The molecule has 0 radical (unpaired) electrons. The van der Waals surface area contributed by atoms with Crippen LogP contribution in [-0.2, 0) is 0 Å². The van der Waals surface area contributed by atoms with Crippen molar-refractivity contribution in [3.05, 3.63) is 418 Å². The van der Waals surface area contributed by atoms with Gasteiger partial charge < -0.3 is 25.1 Å². The van der Waals surface area contributed by atoms with E-state index in [-0.39, 0.29) is 36.3 Å². The molecule has 0 amide bonds. The number of fused-ring (bicyclic) bond motifs is 30. The summed E-state index contributed by atoms with van der Waals surface area (Å²) >= 11 is 5.99. The second kappa shape index (κ2) is 33.9. The van der Waals surface area contributed by atoms with Crippen LogP contribution in [0.4, 0.5) is 4.39 Å². The Labute approximate surface area is 773 Å². The molecule has 0 aliphatic rings. The number of aromatic nitrogens is 15. The van der Waals surface area contributed by atoms with Gasteiger partial charge in [0, 0.05) is 150 Å². The first-order valence-corrected chi connectivity index (χ1v) is 42.9. The van der Waals surface area contributed by atoms with Gasteiger partial charge in [-0.25, -0.2) is 9.97 Å². The molecule has 2 N–H and O–H groups in total. The van der Waals surface area contributed by atoms with Gasteiger partial charge >= 0.3 is 29.6 Å². The zero-order valence-electron chi connectivity index (χ0n) is 72.0. The van der Waals surface area contributed by atoms with Gasteiger partial charge in [-0.15, -0.1) is 0 Å². The van der Waals surface area contributed by atoms with Gasteiger partial charge in [-0.2, -0.15) is 19.9 Å². The average Bonchev–Trinajstić information content (AvgIpc) is 1.53. The normalized spacial score (nSPS) is 11.5. The monoisotopic (exact) mass is 1710 g/mol. The van der Waals surface area contributed by atoms with Crippen molar-refractivity contribution in [1.82, 2.24) is 73.1 Å². The molecule has 0 aliphatic carbocycles. The summed E-state index contributed by atoms with van der Waals surface area (Å²) in [6.45, 7) is 0. The molecule has 18 heteroatoms. The largest absolute Gasteiger partial charge is 1.00 e. The topological polar surface area (TPSA) is 167 Å². The molecule has 27 aromatic rings. The van der Waals surface area contributed by atoms with Crippen LogP contribution in [0.2, 0.25) is 5.28 Å². The second-order valence-electron chi connectivity index (χ2n) is 31.3. The number of rotatable bonds is 8. The number of hydrogen-bond acceptors (Lipinski definition) is 9. The van der Waals surface area contributed by atoms with Gasteiger partial charge in [-0.3, -0.25) is 23.9 Å². The van der Waals surface area contributed by atoms with Crippen molar-refractivity contribution in [1.29, 1.82) is 0 Å². The van der Waals surface area contributed by atoms with Crippen LogP contribution < -0.4 is 29.6 Å². The van der Waals surface area contributed by atoms with E-state index >= 15 is 0 Å². The van der Waals surface area contributed by atoms with Crippen molar-refractivity contribution < 1.29 is 36.7 Å². The number of halogens is 2. The zero-order valence-corrected chi connectivity index (χ0v) is 72.8. The number of H-pyrrole nitrogens is 2. The van der Waals surface area contributed by atoms with Crippen molar-refractivity contribution in [3.8, 4) is 68.6 Å². The average molecular weight is 1710 g/mol. The summed E-state index contributed by atoms with van der Waals surface area (Å²) in [5.41, 5.74) is 23.7. The number of benzene rings is 16. The maximum atomic E-state index is 9.96. The SMILES string of the molecule is Clc1nc(-c2ccccc2)nc(-c2ccccc2)n1.[2H]CF.[H-].[Na+].c1ccc(-c2nc(-c3ccccc3)nc(-n3c4ccccc4c4c5cccnc5c5c6ccccc6n(-c6ccccc6)c5c43)n2)cc1.c1ccc(-n2c3ccccc3c3c4cccnc4c4c5ccccc5[nH]c4c32)cc1.c1ccc(-n2c3ccccc3c3c4ncccc4c4c5ccccc5[nH]c4c32)cc1. The Morgan fingerprint density at radius 2 is 0.523 bits per heavy atom. The number of hydrogen-bond donors (Lipinski definition) is 2. The van der Waals surface area contributed by atoms with Gasteiger partial charge in [0.1, 0.15) is 0 Å². The van der Waals surface area contributed by atoms with E-state index in [9.17, 15) is 4.39 Å². The molecular weight excluding hydrogens is 1630 g/mol. The van der Waals surface area contributed by atoms with Gasteiger partial charge in [0.05, 0.1) is 80.2 Å². The Bertz CT molecular complexity index is 8640. The summed E-state index contributed by atoms with van der Waals surface area (Å²) < 4.78 is 24.9. The van der Waals surface area contributed by atoms with Crippen molar-refractivity contribution in [3.63, 3.8) is 0 Å². The summed E-state index contributed by atoms with van der Waals surface area (Å²) in [4.78, 5) is 50.5. The van der Waals surface area contributed by atoms with Gasteiger partial charge in [0.15, 0.2) is 23.3 Å². The number of para-hydroxylation sites is 9. The fourth-order valence-electron chi connectivity index (χ4n) is 18.9. The Morgan fingerprint density at radius 3 is 0.923 bits per heavy atom. The standard InChI is InChI=1S/C42H26N6.2C27H17N3.C15H10ClN3.CH3F.Na.H/c1-4-15-27(16-5-1)40-44-41(28-17-6-2-7-18-28)46-42(45-40)48-34-25-13-10-21-30(34)35-32-23-14-26-43-37(32)36-31-22-11-12-24-33(31)47(39(36)38(35)48)29-19-8-3-9-20-29;1-2-9-17(10-3-1)30-22-15-7-5-12-19(22)23-20-13-8-16-28-25(20)24-18-11-4-6-14-21(18)29-26(24)27(23)30;1-2-9-17(10-3-1)30-22-15-7-5-12-19(22)24-25-20(13-8-16-28-25)23-18-11-4-6-14-21(18)29-26(23)27(24)30;16-15-18-13(11-7-3-1-4-8-11)17-14(19-15)12-9-5-2-6-10-12;1-2;;/h1-26H;2*1-16,29H;1-10H;1H3;;/q;;;;;+1;-1/i;;;;1D;;. The molecular formula is C112H74ClFN15Na. The summed E-state index contributed by atoms with van der Waals surface area (Å²) in [7, 11) is -1.00. The molecule has 11 heterocycles.